The van der Waals surface area contributed by atoms with Gasteiger partial charge in [0.05, 0.1) is 0 Å². The third kappa shape index (κ3) is 5.01. The van der Waals surface area contributed by atoms with Crippen molar-refractivity contribution in [2.24, 2.45) is 5.41 Å². The lowest BCUT2D eigenvalue weighted by Gasteiger charge is -2.21. The maximum Gasteiger partial charge on any atom is 0.200 e. The van der Waals surface area contributed by atoms with Gasteiger partial charge in [-0.3, -0.25) is 4.57 Å². The smallest absolute Gasteiger partial charge is 0.200 e. The van der Waals surface area contributed by atoms with Gasteiger partial charge in [0.25, 0.3) is 0 Å². The highest BCUT2D eigenvalue weighted by atomic mass is 31.2. The molecule has 2 nitrogen and oxygen atoms in total. The zero-order valence-electron chi connectivity index (χ0n) is 7.47. The van der Waals surface area contributed by atoms with Crippen molar-refractivity contribution in [2.75, 3.05) is 19.9 Å². The Morgan fingerprint density at radius 2 is 1.80 bits per heavy atom. The van der Waals surface area contributed by atoms with E-state index in [1.165, 1.54) is 7.11 Å². The van der Waals surface area contributed by atoms with Crippen LogP contribution < -0.4 is 0 Å². The third-order valence-electron chi connectivity index (χ3n) is 1.15. The second-order valence-electron chi connectivity index (χ2n) is 3.92. The molecule has 0 aromatic heterocycles. The molecule has 0 saturated heterocycles. The quantitative estimate of drug-likeness (QED) is 0.586. The molecule has 0 radical (unpaired) electrons. The van der Waals surface area contributed by atoms with Gasteiger partial charge in [0.2, 0.25) is 0 Å². The lowest BCUT2D eigenvalue weighted by molar-refractivity contribution is 0.372. The first-order valence-electron chi connectivity index (χ1n) is 3.39. The van der Waals surface area contributed by atoms with Gasteiger partial charge < -0.3 is 4.52 Å². The number of hydrogen-bond acceptors (Lipinski definition) is 2. The van der Waals surface area contributed by atoms with Gasteiger partial charge in [-0.15, -0.1) is 0 Å². The molecule has 0 aliphatic carbocycles. The molecular formula is C7H17O2P. The van der Waals surface area contributed by atoms with Crippen LogP contribution in [-0.4, -0.2) is 19.9 Å². The van der Waals surface area contributed by atoms with Gasteiger partial charge >= 0.3 is 0 Å². The molecule has 0 heterocycles. The summed E-state index contributed by atoms with van der Waals surface area (Å²) in [7, 11) is -0.788. The molecule has 0 aromatic rings. The van der Waals surface area contributed by atoms with Gasteiger partial charge in [0, 0.05) is 19.9 Å². The first-order valence-corrected chi connectivity index (χ1v) is 5.65. The van der Waals surface area contributed by atoms with Gasteiger partial charge in [0.1, 0.15) is 0 Å². The second kappa shape index (κ2) is 3.06. The molecule has 0 bridgehead atoms. The van der Waals surface area contributed by atoms with Gasteiger partial charge in [-0.05, 0) is 5.41 Å². The maximum absolute atomic E-state index is 11.4. The predicted molar refractivity (Wildman–Crippen MR) is 44.9 cm³/mol. The summed E-state index contributed by atoms with van der Waals surface area (Å²) in [6.45, 7) is 7.85. The fourth-order valence-corrected chi connectivity index (χ4v) is 2.78. The Morgan fingerprint density at radius 1 is 1.40 bits per heavy atom. The van der Waals surface area contributed by atoms with Crippen LogP contribution in [0, 0.1) is 5.41 Å². The lowest BCUT2D eigenvalue weighted by Crippen LogP contribution is -2.11. The highest BCUT2D eigenvalue weighted by Gasteiger charge is 2.23. The molecule has 0 saturated carbocycles. The molecule has 10 heavy (non-hydrogen) atoms. The van der Waals surface area contributed by atoms with Crippen molar-refractivity contribution in [2.45, 2.75) is 20.8 Å². The third-order valence-corrected chi connectivity index (χ3v) is 3.44. The normalized spacial score (nSPS) is 18.5. The molecule has 0 amide bonds. The van der Waals surface area contributed by atoms with Gasteiger partial charge in [-0.1, -0.05) is 20.8 Å². The fraction of sp³-hybridized carbons (Fsp3) is 1.00. The van der Waals surface area contributed by atoms with Crippen LogP contribution in [-0.2, 0) is 9.09 Å². The number of rotatable bonds is 2. The molecule has 62 valence electrons. The van der Waals surface area contributed by atoms with E-state index in [-0.39, 0.29) is 5.41 Å². The molecular weight excluding hydrogens is 147 g/mol. The van der Waals surface area contributed by atoms with E-state index in [9.17, 15) is 4.57 Å². The summed E-state index contributed by atoms with van der Waals surface area (Å²) in [5.41, 5.74) is 0.0975. The minimum atomic E-state index is -2.29. The van der Waals surface area contributed by atoms with Crippen LogP contribution in [0.1, 0.15) is 20.8 Å². The molecule has 3 heteroatoms. The Morgan fingerprint density at radius 3 is 1.90 bits per heavy atom. The van der Waals surface area contributed by atoms with Crippen LogP contribution in [0.2, 0.25) is 0 Å². The van der Waals surface area contributed by atoms with Crippen LogP contribution in [0.15, 0.2) is 0 Å². The van der Waals surface area contributed by atoms with Gasteiger partial charge in [-0.25, -0.2) is 0 Å². The summed E-state index contributed by atoms with van der Waals surface area (Å²) >= 11 is 0. The van der Waals surface area contributed by atoms with E-state index < -0.39 is 7.37 Å². The Kier molecular flexibility index (Phi) is 3.12. The standard InChI is InChI=1S/C7H17O2P/c1-7(2,3)6-10(5,8)9-4/h6H2,1-5H3. The topological polar surface area (TPSA) is 26.3 Å². The summed E-state index contributed by atoms with van der Waals surface area (Å²) < 4.78 is 16.2. The molecule has 0 aromatic carbocycles. The molecule has 1 atom stereocenters. The van der Waals surface area contributed by atoms with Crippen molar-refractivity contribution in [1.82, 2.24) is 0 Å². The first kappa shape index (κ1) is 10.2. The zero-order chi connectivity index (χ0) is 8.41. The summed E-state index contributed by atoms with van der Waals surface area (Å²) in [5, 5.41) is 0. The zero-order valence-corrected chi connectivity index (χ0v) is 8.37. The Balaban J connectivity index is 4.03. The van der Waals surface area contributed by atoms with Crippen molar-refractivity contribution in [3.05, 3.63) is 0 Å². The second-order valence-corrected chi connectivity index (χ2v) is 6.63. The van der Waals surface area contributed by atoms with Crippen molar-refractivity contribution < 1.29 is 9.09 Å². The largest absolute Gasteiger partial charge is 0.332 e. The van der Waals surface area contributed by atoms with Crippen molar-refractivity contribution in [1.29, 1.82) is 0 Å². The maximum atomic E-state index is 11.4. The molecule has 0 spiro atoms. The van der Waals surface area contributed by atoms with Crippen molar-refractivity contribution in [3.63, 3.8) is 0 Å². The van der Waals surface area contributed by atoms with Crippen LogP contribution in [0.5, 0.6) is 0 Å². The molecule has 1 unspecified atom stereocenters. The molecule has 0 aliphatic rings. The molecule has 0 N–H and O–H groups in total. The van der Waals surface area contributed by atoms with Crippen molar-refractivity contribution >= 4 is 7.37 Å². The van der Waals surface area contributed by atoms with E-state index in [0.717, 1.165) is 0 Å². The molecule has 0 fully saturated rings. The van der Waals surface area contributed by atoms with Crippen molar-refractivity contribution in [3.8, 4) is 0 Å². The Labute approximate surface area is 63.4 Å². The van der Waals surface area contributed by atoms with E-state index in [1.807, 2.05) is 0 Å². The SMILES string of the molecule is COP(C)(=O)CC(C)(C)C. The van der Waals surface area contributed by atoms with Crippen LogP contribution in [0.25, 0.3) is 0 Å². The number of hydrogen-bond donors (Lipinski definition) is 0. The van der Waals surface area contributed by atoms with Crippen LogP contribution >= 0.6 is 7.37 Å². The summed E-state index contributed by atoms with van der Waals surface area (Å²) in [6.07, 6.45) is 0.649. The van der Waals surface area contributed by atoms with E-state index >= 15 is 0 Å². The summed E-state index contributed by atoms with van der Waals surface area (Å²) in [4.78, 5) is 0. The van der Waals surface area contributed by atoms with E-state index in [4.69, 9.17) is 4.52 Å². The minimum absolute atomic E-state index is 0.0975. The highest BCUT2D eigenvalue weighted by Crippen LogP contribution is 2.46. The van der Waals surface area contributed by atoms with Gasteiger partial charge in [0.15, 0.2) is 7.37 Å². The van der Waals surface area contributed by atoms with Gasteiger partial charge in [-0.2, -0.15) is 0 Å². The average molecular weight is 164 g/mol. The van der Waals surface area contributed by atoms with Crippen LogP contribution in [0.3, 0.4) is 0 Å². The van der Waals surface area contributed by atoms with Crippen LogP contribution in [0.4, 0.5) is 0 Å². The lowest BCUT2D eigenvalue weighted by atomic mass is 10.0. The molecule has 0 rings (SSSR count). The Hall–Kier alpha value is 0.190. The minimum Gasteiger partial charge on any atom is -0.332 e. The molecule has 0 aliphatic heterocycles. The fourth-order valence-electron chi connectivity index (χ4n) is 0.926. The highest BCUT2D eigenvalue weighted by molar-refractivity contribution is 7.58. The van der Waals surface area contributed by atoms with E-state index in [0.29, 0.717) is 6.16 Å². The summed E-state index contributed by atoms with van der Waals surface area (Å²) in [6, 6.07) is 0. The summed E-state index contributed by atoms with van der Waals surface area (Å²) in [5.74, 6) is 0. The Bertz CT molecular complexity index is 146. The first-order chi connectivity index (χ1) is 4.27. The predicted octanol–water partition coefficient (Wildman–Crippen LogP) is 2.59. The average Bonchev–Trinajstić information content (AvgIpc) is 1.60. The van der Waals surface area contributed by atoms with E-state index in [1.54, 1.807) is 6.66 Å². The monoisotopic (exact) mass is 164 g/mol. The van der Waals surface area contributed by atoms with E-state index in [2.05, 4.69) is 20.8 Å².